The number of hydrogen-bond acceptors (Lipinski definition) is 7. The molecule has 10 nitrogen and oxygen atoms in total. The summed E-state index contributed by atoms with van der Waals surface area (Å²) < 4.78 is 11.1. The van der Waals surface area contributed by atoms with Gasteiger partial charge in [0.2, 0.25) is 11.8 Å². The summed E-state index contributed by atoms with van der Waals surface area (Å²) in [6.07, 6.45) is -0.470. The summed E-state index contributed by atoms with van der Waals surface area (Å²) in [5, 5.41) is 9.64. The predicted octanol–water partition coefficient (Wildman–Crippen LogP) is 3.38. The van der Waals surface area contributed by atoms with Crippen LogP contribution in [-0.2, 0) is 24.5 Å². The minimum atomic E-state index is -0.709. The van der Waals surface area contributed by atoms with E-state index in [-0.39, 0.29) is 30.9 Å². The Morgan fingerprint density at radius 1 is 1.07 bits per heavy atom. The van der Waals surface area contributed by atoms with Gasteiger partial charge in [0.15, 0.2) is 0 Å². The van der Waals surface area contributed by atoms with E-state index in [1.807, 2.05) is 56.9 Å². The number of rotatable bonds is 4. The molecule has 3 aliphatic heterocycles. The lowest BCUT2D eigenvalue weighted by atomic mass is 9.78. The quantitative estimate of drug-likeness (QED) is 0.540. The van der Waals surface area contributed by atoms with Gasteiger partial charge in [0.25, 0.3) is 0 Å². The van der Waals surface area contributed by atoms with Gasteiger partial charge in [-0.15, -0.1) is 0 Å². The molecular weight excluding hydrogens is 546 g/mol. The molecule has 0 bridgehead atoms. The minimum absolute atomic E-state index is 0.00562. The van der Waals surface area contributed by atoms with Crippen molar-refractivity contribution in [2.45, 2.75) is 57.7 Å². The number of nitrogens with zero attached hydrogens (tertiary/aromatic N) is 5. The van der Waals surface area contributed by atoms with Crippen LogP contribution >= 0.6 is 0 Å². The van der Waals surface area contributed by atoms with Gasteiger partial charge in [-0.05, 0) is 57.9 Å². The number of hydrogen-bond donors (Lipinski definition) is 0. The molecule has 10 heteroatoms. The molecule has 2 aromatic carbocycles. The molecular formula is C33H41N5O5. The molecule has 43 heavy (non-hydrogen) atoms. The van der Waals surface area contributed by atoms with Crippen LogP contribution in [0.25, 0.3) is 0 Å². The van der Waals surface area contributed by atoms with Gasteiger partial charge < -0.3 is 24.2 Å². The Balaban J connectivity index is 1.43. The number of benzene rings is 2. The third kappa shape index (κ3) is 6.24. The summed E-state index contributed by atoms with van der Waals surface area (Å²) in [6.45, 7) is 12.2. The summed E-state index contributed by atoms with van der Waals surface area (Å²) in [4.78, 5) is 48.2. The average molecular weight is 588 g/mol. The number of fused-ring (bicyclic) bond motifs is 1. The van der Waals surface area contributed by atoms with Crippen LogP contribution in [0.5, 0.6) is 0 Å². The fourth-order valence-corrected chi connectivity index (χ4v) is 6.34. The summed E-state index contributed by atoms with van der Waals surface area (Å²) in [6, 6.07) is 16.8. The number of piperazine rings is 1. The molecule has 3 atom stereocenters. The molecule has 0 saturated carbocycles. The number of anilines is 1. The highest BCUT2D eigenvalue weighted by atomic mass is 16.6. The number of morpholine rings is 1. The Morgan fingerprint density at radius 2 is 1.77 bits per heavy atom. The third-order valence-corrected chi connectivity index (χ3v) is 8.61. The standard InChI is InChI=1S/C33H41N5O5/c1-23-19-36(28(30(40)35-13-15-42-16-14-35)20-37(23)31(41)43-32(2,3)4)21-29(39)38-22-33(5,25-9-7-6-8-10-25)26-12-11-24(18-34)17-27(26)38/h6-12,17,23,28H,13-16,19-22H2,1-5H3/t23-,28-,33?/m1/s1. The monoisotopic (exact) mass is 587 g/mol. The molecule has 2 saturated heterocycles. The van der Waals surface area contributed by atoms with Crippen LogP contribution in [0, 0.1) is 11.3 Å². The van der Waals surface area contributed by atoms with Crippen molar-refractivity contribution in [1.82, 2.24) is 14.7 Å². The number of carbonyl (C=O) groups is 3. The van der Waals surface area contributed by atoms with Crippen LogP contribution < -0.4 is 4.90 Å². The molecule has 3 heterocycles. The highest BCUT2D eigenvalue weighted by Crippen LogP contribution is 2.45. The van der Waals surface area contributed by atoms with Gasteiger partial charge >= 0.3 is 6.09 Å². The summed E-state index contributed by atoms with van der Waals surface area (Å²) >= 11 is 0. The van der Waals surface area contributed by atoms with Crippen molar-refractivity contribution in [1.29, 1.82) is 5.26 Å². The van der Waals surface area contributed by atoms with Crippen LogP contribution in [0.1, 0.15) is 51.3 Å². The smallest absolute Gasteiger partial charge is 0.410 e. The van der Waals surface area contributed by atoms with Gasteiger partial charge in [0.1, 0.15) is 11.6 Å². The molecule has 3 amide bonds. The van der Waals surface area contributed by atoms with Gasteiger partial charge in [-0.3, -0.25) is 14.5 Å². The lowest BCUT2D eigenvalue weighted by Gasteiger charge is -2.46. The SMILES string of the molecule is C[C@@H]1CN(CC(=O)N2CC(C)(c3ccccc3)c3ccc(C#N)cc32)[C@@H](C(=O)N2CCOCC2)CN1C(=O)OC(C)(C)C. The van der Waals surface area contributed by atoms with Crippen molar-refractivity contribution in [2.75, 3.05) is 57.4 Å². The predicted molar refractivity (Wildman–Crippen MR) is 162 cm³/mol. The molecule has 0 aliphatic carbocycles. The van der Waals surface area contributed by atoms with Gasteiger partial charge in [-0.2, -0.15) is 5.26 Å². The molecule has 2 fully saturated rings. The van der Waals surface area contributed by atoms with E-state index in [2.05, 4.69) is 25.1 Å². The van der Waals surface area contributed by atoms with Crippen LogP contribution in [0.2, 0.25) is 0 Å². The maximum absolute atomic E-state index is 14.2. The van der Waals surface area contributed by atoms with Crippen LogP contribution in [0.3, 0.4) is 0 Å². The fourth-order valence-electron chi connectivity index (χ4n) is 6.34. The first-order valence-electron chi connectivity index (χ1n) is 14.9. The van der Waals surface area contributed by atoms with Crippen LogP contribution in [-0.4, -0.2) is 103 Å². The Bertz CT molecular complexity index is 1410. The van der Waals surface area contributed by atoms with E-state index in [4.69, 9.17) is 9.47 Å². The summed E-state index contributed by atoms with van der Waals surface area (Å²) in [7, 11) is 0. The molecule has 2 aromatic rings. The van der Waals surface area contributed by atoms with Crippen molar-refractivity contribution >= 4 is 23.6 Å². The lowest BCUT2D eigenvalue weighted by molar-refractivity contribution is -0.145. The van der Waals surface area contributed by atoms with E-state index in [1.54, 1.807) is 26.8 Å². The van der Waals surface area contributed by atoms with Crippen molar-refractivity contribution < 1.29 is 23.9 Å². The second kappa shape index (κ2) is 12.0. The molecule has 0 radical (unpaired) electrons. The Morgan fingerprint density at radius 3 is 2.42 bits per heavy atom. The van der Waals surface area contributed by atoms with E-state index in [0.29, 0.717) is 50.6 Å². The van der Waals surface area contributed by atoms with Crippen molar-refractivity contribution in [2.24, 2.45) is 0 Å². The second-order valence-electron chi connectivity index (χ2n) is 12.9. The Hall–Kier alpha value is -3.94. The lowest BCUT2D eigenvalue weighted by Crippen LogP contribution is -2.65. The average Bonchev–Trinajstić information content (AvgIpc) is 3.29. The van der Waals surface area contributed by atoms with E-state index >= 15 is 0 Å². The van der Waals surface area contributed by atoms with Crippen molar-refractivity contribution in [3.63, 3.8) is 0 Å². The highest BCUT2D eigenvalue weighted by molar-refractivity contribution is 5.98. The molecule has 0 spiro atoms. The fraction of sp³-hybridized carbons (Fsp3) is 0.515. The van der Waals surface area contributed by atoms with Crippen molar-refractivity contribution in [3.8, 4) is 6.07 Å². The van der Waals surface area contributed by atoms with Crippen LogP contribution in [0.4, 0.5) is 10.5 Å². The van der Waals surface area contributed by atoms with E-state index in [1.165, 1.54) is 0 Å². The second-order valence-corrected chi connectivity index (χ2v) is 12.9. The molecule has 3 aliphatic rings. The number of amides is 3. The zero-order valence-corrected chi connectivity index (χ0v) is 25.7. The molecule has 0 N–H and O–H groups in total. The maximum Gasteiger partial charge on any atom is 0.410 e. The Kier molecular flexibility index (Phi) is 8.50. The number of nitriles is 1. The van der Waals surface area contributed by atoms with Gasteiger partial charge in [0, 0.05) is 49.9 Å². The van der Waals surface area contributed by atoms with E-state index in [9.17, 15) is 19.6 Å². The highest BCUT2D eigenvalue weighted by Gasteiger charge is 2.46. The molecule has 1 unspecified atom stereocenters. The van der Waals surface area contributed by atoms with E-state index in [0.717, 1.165) is 11.1 Å². The molecule has 5 rings (SSSR count). The topological polar surface area (TPSA) is 106 Å². The first-order chi connectivity index (χ1) is 20.4. The zero-order valence-electron chi connectivity index (χ0n) is 25.7. The van der Waals surface area contributed by atoms with E-state index < -0.39 is 23.2 Å². The van der Waals surface area contributed by atoms with Crippen molar-refractivity contribution in [3.05, 3.63) is 65.2 Å². The first kappa shape index (κ1) is 30.5. The summed E-state index contributed by atoms with van der Waals surface area (Å²) in [5.41, 5.74) is 2.11. The summed E-state index contributed by atoms with van der Waals surface area (Å²) in [5.74, 6) is -0.284. The zero-order chi connectivity index (χ0) is 30.9. The largest absolute Gasteiger partial charge is 0.444 e. The maximum atomic E-state index is 14.2. The molecule has 0 aromatic heterocycles. The third-order valence-electron chi connectivity index (χ3n) is 8.61. The molecule has 228 valence electrons. The van der Waals surface area contributed by atoms with Crippen LogP contribution in [0.15, 0.2) is 48.5 Å². The minimum Gasteiger partial charge on any atom is -0.444 e. The Labute approximate surface area is 253 Å². The number of carbonyl (C=O) groups excluding carboxylic acids is 3. The normalized spacial score (nSPS) is 24.3. The first-order valence-corrected chi connectivity index (χ1v) is 14.9. The van der Waals surface area contributed by atoms with Gasteiger partial charge in [-0.1, -0.05) is 36.4 Å². The number of ether oxygens (including phenoxy) is 2. The van der Waals surface area contributed by atoms with Gasteiger partial charge in [0.05, 0.1) is 31.4 Å². The van der Waals surface area contributed by atoms with Gasteiger partial charge in [-0.25, -0.2) is 4.79 Å².